The topological polar surface area (TPSA) is 120 Å². The molecule has 0 amide bonds. The highest BCUT2D eigenvalue weighted by atomic mass is 32.2. The molecule has 2 aromatic carbocycles. The summed E-state index contributed by atoms with van der Waals surface area (Å²) in [6, 6.07) is 15.5. The molecule has 0 saturated heterocycles. The molecule has 1 atom stereocenters. The van der Waals surface area contributed by atoms with Crippen LogP contribution in [0.5, 0.6) is 0 Å². The van der Waals surface area contributed by atoms with Crippen LogP contribution in [0.25, 0.3) is 11.3 Å². The molecule has 43 heavy (non-hydrogen) atoms. The number of hydrogen-bond donors (Lipinski definition) is 3. The molecule has 0 radical (unpaired) electrons. The molecule has 12 heteroatoms. The fourth-order valence-electron chi connectivity index (χ4n) is 4.69. The Morgan fingerprint density at radius 2 is 1.74 bits per heavy atom. The van der Waals surface area contributed by atoms with Gasteiger partial charge in [0, 0.05) is 43.9 Å². The number of benzene rings is 2. The van der Waals surface area contributed by atoms with Crippen LogP contribution in [0.1, 0.15) is 49.8 Å². The number of aliphatic hydroxyl groups excluding tert-OH is 1. The number of carbonyl (C=O) groups is 1. The number of aliphatic hydroxyl groups is 1. The average Bonchev–Trinajstić information content (AvgIpc) is 2.95. The lowest BCUT2D eigenvalue weighted by Crippen LogP contribution is -2.46. The highest BCUT2D eigenvalue weighted by Crippen LogP contribution is 2.35. The summed E-state index contributed by atoms with van der Waals surface area (Å²) in [5, 5.41) is 23.0. The molecular formula is C31H38F3N3O5S. The number of sulfonamides is 1. The van der Waals surface area contributed by atoms with Crippen LogP contribution in [0.3, 0.4) is 0 Å². The Morgan fingerprint density at radius 3 is 2.40 bits per heavy atom. The van der Waals surface area contributed by atoms with Gasteiger partial charge in [-0.25, -0.2) is 8.42 Å². The molecular weight excluding hydrogens is 583 g/mol. The highest BCUT2D eigenvalue weighted by molar-refractivity contribution is 7.89. The van der Waals surface area contributed by atoms with Gasteiger partial charge in [0.15, 0.2) is 0 Å². The van der Waals surface area contributed by atoms with Crippen molar-refractivity contribution in [1.29, 1.82) is 0 Å². The standard InChI is InChI=1S/C31H38F3N3O5S/c1-30(2,15-7-11-22-9-5-4-6-10-22)36-20-26(38)21-37(3)43(41,42)27-18-24(17-25(19-27)31(32,33)34)29-23(12-8-16-35-29)13-14-28(39)40/h4-6,8-10,12,16-19,26,36,38H,7,11,13-15,20-21H2,1-3H3,(H,39,40)/t26-/m1/s1. The minimum Gasteiger partial charge on any atom is -0.481 e. The first kappa shape index (κ1) is 34.2. The number of aromatic nitrogens is 1. The predicted octanol–water partition coefficient (Wildman–Crippen LogP) is 5.16. The lowest BCUT2D eigenvalue weighted by atomic mass is 9.95. The number of aryl methyl sites for hydroxylation is 2. The molecule has 1 heterocycles. The Morgan fingerprint density at radius 1 is 1.05 bits per heavy atom. The lowest BCUT2D eigenvalue weighted by molar-refractivity contribution is -0.138. The van der Waals surface area contributed by atoms with Crippen molar-refractivity contribution in [3.63, 3.8) is 0 Å². The van der Waals surface area contributed by atoms with Gasteiger partial charge >= 0.3 is 12.1 Å². The van der Waals surface area contributed by atoms with Crippen LogP contribution in [0.2, 0.25) is 0 Å². The second kappa shape index (κ2) is 14.4. The van der Waals surface area contributed by atoms with Crippen molar-refractivity contribution < 1.29 is 36.6 Å². The van der Waals surface area contributed by atoms with Gasteiger partial charge in [-0.15, -0.1) is 0 Å². The van der Waals surface area contributed by atoms with Gasteiger partial charge in [-0.2, -0.15) is 17.5 Å². The van der Waals surface area contributed by atoms with Gasteiger partial charge in [0.2, 0.25) is 10.0 Å². The number of nitrogens with one attached hydrogen (secondary N) is 1. The molecule has 0 aliphatic heterocycles. The summed E-state index contributed by atoms with van der Waals surface area (Å²) in [4.78, 5) is 14.6. The van der Waals surface area contributed by atoms with Crippen LogP contribution < -0.4 is 5.32 Å². The molecule has 234 valence electrons. The van der Waals surface area contributed by atoms with E-state index in [-0.39, 0.29) is 42.7 Å². The summed E-state index contributed by atoms with van der Waals surface area (Å²) in [6.45, 7) is 3.69. The van der Waals surface area contributed by atoms with Crippen LogP contribution >= 0.6 is 0 Å². The molecule has 0 saturated carbocycles. The Bertz CT molecular complexity index is 1480. The van der Waals surface area contributed by atoms with Gasteiger partial charge in [0.1, 0.15) is 0 Å². The van der Waals surface area contributed by atoms with Crippen LogP contribution in [-0.4, -0.2) is 65.7 Å². The van der Waals surface area contributed by atoms with Gasteiger partial charge in [-0.1, -0.05) is 36.4 Å². The normalized spacial score (nSPS) is 13.3. The second-order valence-electron chi connectivity index (χ2n) is 11.2. The number of carboxylic acid groups (broad SMARTS) is 1. The van der Waals surface area contributed by atoms with Crippen LogP contribution in [0, 0.1) is 0 Å². The molecule has 0 aliphatic carbocycles. The van der Waals surface area contributed by atoms with Gasteiger partial charge in [0.05, 0.1) is 22.3 Å². The first-order valence-corrected chi connectivity index (χ1v) is 15.3. The zero-order chi connectivity index (χ0) is 31.8. The summed E-state index contributed by atoms with van der Waals surface area (Å²) in [5.74, 6) is -1.09. The minimum absolute atomic E-state index is 0.00145. The van der Waals surface area contributed by atoms with E-state index in [9.17, 15) is 31.5 Å². The SMILES string of the molecule is CN(C[C@H](O)CNC(C)(C)CCCc1ccccc1)S(=O)(=O)c1cc(-c2ncccc2CCC(=O)O)cc(C(F)(F)F)c1. The molecule has 0 aliphatic rings. The number of carboxylic acids is 1. The van der Waals surface area contributed by atoms with Gasteiger partial charge < -0.3 is 15.5 Å². The molecule has 0 bridgehead atoms. The first-order chi connectivity index (χ1) is 20.1. The summed E-state index contributed by atoms with van der Waals surface area (Å²) < 4.78 is 69.3. The molecule has 1 aromatic heterocycles. The number of rotatable bonds is 15. The predicted molar refractivity (Wildman–Crippen MR) is 158 cm³/mol. The summed E-state index contributed by atoms with van der Waals surface area (Å²) in [5.41, 5.74) is 0.0157. The Balaban J connectivity index is 1.74. The lowest BCUT2D eigenvalue weighted by Gasteiger charge is -2.29. The molecule has 3 aromatic rings. The van der Waals surface area contributed by atoms with Gasteiger partial charge in [-0.3, -0.25) is 9.78 Å². The number of pyridine rings is 1. The number of likely N-dealkylation sites (N-methyl/N-ethyl adjacent to an activating group) is 1. The van der Waals surface area contributed by atoms with E-state index in [1.165, 1.54) is 24.9 Å². The maximum atomic E-state index is 13.9. The zero-order valence-electron chi connectivity index (χ0n) is 24.4. The van der Waals surface area contributed by atoms with E-state index in [1.807, 2.05) is 32.0 Å². The molecule has 3 N–H and O–H groups in total. The van der Waals surface area contributed by atoms with E-state index in [1.54, 1.807) is 6.07 Å². The zero-order valence-corrected chi connectivity index (χ0v) is 25.3. The molecule has 3 rings (SSSR count). The number of hydrogen-bond acceptors (Lipinski definition) is 6. The van der Waals surface area contributed by atoms with E-state index < -0.39 is 38.7 Å². The quantitative estimate of drug-likeness (QED) is 0.215. The van der Waals surface area contributed by atoms with E-state index in [4.69, 9.17) is 5.11 Å². The van der Waals surface area contributed by atoms with Crippen LogP contribution in [0.15, 0.2) is 71.8 Å². The smallest absolute Gasteiger partial charge is 0.416 e. The maximum Gasteiger partial charge on any atom is 0.416 e. The average molecular weight is 622 g/mol. The van der Waals surface area contributed by atoms with Crippen molar-refractivity contribution in [2.75, 3.05) is 20.1 Å². The largest absolute Gasteiger partial charge is 0.481 e. The number of halogens is 3. The maximum absolute atomic E-state index is 13.9. The van der Waals surface area contributed by atoms with Crippen molar-refractivity contribution in [2.45, 2.75) is 68.7 Å². The second-order valence-corrected chi connectivity index (χ2v) is 13.2. The minimum atomic E-state index is -4.86. The summed E-state index contributed by atoms with van der Waals surface area (Å²) >= 11 is 0. The fourth-order valence-corrected chi connectivity index (χ4v) is 5.97. The third kappa shape index (κ3) is 10.1. The monoisotopic (exact) mass is 621 g/mol. The Hall–Kier alpha value is -3.32. The summed E-state index contributed by atoms with van der Waals surface area (Å²) in [7, 11) is -3.26. The highest BCUT2D eigenvalue weighted by Gasteiger charge is 2.34. The van der Waals surface area contributed by atoms with E-state index in [0.717, 1.165) is 35.7 Å². The number of alkyl halides is 3. The van der Waals surface area contributed by atoms with Gasteiger partial charge in [0.25, 0.3) is 0 Å². The molecule has 0 fully saturated rings. The summed E-state index contributed by atoms with van der Waals surface area (Å²) in [6.07, 6.45) is -2.32. The third-order valence-corrected chi connectivity index (χ3v) is 8.91. The Labute approximate surface area is 250 Å². The van der Waals surface area contributed by atoms with Crippen molar-refractivity contribution in [1.82, 2.24) is 14.6 Å². The number of aliphatic carboxylic acids is 1. The van der Waals surface area contributed by atoms with Crippen molar-refractivity contribution in [2.24, 2.45) is 0 Å². The Kier molecular flexibility index (Phi) is 11.5. The molecule has 8 nitrogen and oxygen atoms in total. The number of nitrogens with zero attached hydrogens (tertiary/aromatic N) is 2. The van der Waals surface area contributed by atoms with Crippen LogP contribution in [0.4, 0.5) is 13.2 Å². The van der Waals surface area contributed by atoms with Gasteiger partial charge in [-0.05, 0) is 74.9 Å². The first-order valence-electron chi connectivity index (χ1n) is 13.9. The third-order valence-electron chi connectivity index (χ3n) is 7.11. The van der Waals surface area contributed by atoms with E-state index in [2.05, 4.69) is 22.4 Å². The van der Waals surface area contributed by atoms with Crippen molar-refractivity contribution >= 4 is 16.0 Å². The van der Waals surface area contributed by atoms with Crippen LogP contribution in [-0.2, 0) is 33.8 Å². The molecule has 0 unspecified atom stereocenters. The van der Waals surface area contributed by atoms with E-state index >= 15 is 0 Å². The fraction of sp³-hybridized carbons (Fsp3) is 0.419. The van der Waals surface area contributed by atoms with Crippen molar-refractivity contribution in [3.8, 4) is 11.3 Å². The molecule has 0 spiro atoms. The van der Waals surface area contributed by atoms with Crippen molar-refractivity contribution in [3.05, 3.63) is 83.6 Å². The number of β-amino-alcohol motifs (C(OH)–C–C–N with tert-alkyl or cyclic N) is 1. The van der Waals surface area contributed by atoms with E-state index in [0.29, 0.717) is 11.6 Å².